The number of methoxy groups -OCH3 is 1. The maximum atomic E-state index is 11.5. The molecule has 0 unspecified atom stereocenters. The third kappa shape index (κ3) is 3.74. The Balaban J connectivity index is 1.55. The van der Waals surface area contributed by atoms with Gasteiger partial charge in [-0.05, 0) is 49.6 Å². The van der Waals surface area contributed by atoms with Crippen LogP contribution in [0, 0.1) is 0 Å². The topological polar surface area (TPSA) is 64.8 Å². The van der Waals surface area contributed by atoms with E-state index in [0.717, 1.165) is 29.8 Å². The van der Waals surface area contributed by atoms with Gasteiger partial charge in [0, 0.05) is 18.5 Å². The summed E-state index contributed by atoms with van der Waals surface area (Å²) in [4.78, 5) is 18.7. The van der Waals surface area contributed by atoms with E-state index < -0.39 is 5.97 Å². The Kier molecular flexibility index (Phi) is 4.96. The molecular weight excluding hydrogens is 344 g/mol. The molecular formula is C21H22N2O4. The highest BCUT2D eigenvalue weighted by molar-refractivity contribution is 5.86. The molecule has 1 aromatic carbocycles. The Morgan fingerprint density at radius 1 is 1.11 bits per heavy atom. The minimum atomic E-state index is -0.501. The molecule has 27 heavy (non-hydrogen) atoms. The molecule has 6 heteroatoms. The zero-order valence-corrected chi connectivity index (χ0v) is 15.3. The van der Waals surface area contributed by atoms with Crippen LogP contribution in [0.5, 0.6) is 5.75 Å². The molecule has 4 rings (SSSR count). The Hall–Kier alpha value is -3.02. The zero-order chi connectivity index (χ0) is 18.6. The van der Waals surface area contributed by atoms with Crippen molar-refractivity contribution in [1.82, 2.24) is 4.98 Å². The second kappa shape index (κ2) is 7.70. The number of anilines is 1. The number of carbonyl (C=O) groups is 1. The molecule has 0 atom stereocenters. The highest BCUT2D eigenvalue weighted by atomic mass is 16.5. The lowest BCUT2D eigenvalue weighted by Crippen LogP contribution is -2.30. The van der Waals surface area contributed by atoms with E-state index >= 15 is 0 Å². The Labute approximate surface area is 157 Å². The molecule has 0 amide bonds. The lowest BCUT2D eigenvalue weighted by Gasteiger charge is -2.28. The van der Waals surface area contributed by atoms with Gasteiger partial charge < -0.3 is 18.8 Å². The third-order valence-electron chi connectivity index (χ3n) is 4.77. The van der Waals surface area contributed by atoms with Gasteiger partial charge in [-0.3, -0.25) is 0 Å². The molecule has 0 saturated carbocycles. The predicted octanol–water partition coefficient (Wildman–Crippen LogP) is 4.18. The third-order valence-corrected chi connectivity index (χ3v) is 4.77. The Morgan fingerprint density at radius 2 is 1.96 bits per heavy atom. The van der Waals surface area contributed by atoms with Gasteiger partial charge in [-0.2, -0.15) is 0 Å². The number of pyridine rings is 1. The largest absolute Gasteiger partial charge is 0.483 e. The summed E-state index contributed by atoms with van der Waals surface area (Å²) >= 11 is 0. The van der Waals surface area contributed by atoms with Crippen LogP contribution >= 0.6 is 0 Å². The van der Waals surface area contributed by atoms with E-state index in [4.69, 9.17) is 14.1 Å². The molecule has 1 saturated heterocycles. The fourth-order valence-electron chi connectivity index (χ4n) is 3.34. The van der Waals surface area contributed by atoms with Gasteiger partial charge in [0.1, 0.15) is 29.5 Å². The van der Waals surface area contributed by atoms with Gasteiger partial charge in [-0.1, -0.05) is 12.1 Å². The number of carbonyl (C=O) groups excluding carboxylic acids is 1. The molecule has 0 aliphatic carbocycles. The van der Waals surface area contributed by atoms with E-state index in [1.165, 1.54) is 26.4 Å². The van der Waals surface area contributed by atoms with E-state index in [-0.39, 0.29) is 12.4 Å². The van der Waals surface area contributed by atoms with Gasteiger partial charge in [0.2, 0.25) is 5.76 Å². The molecule has 140 valence electrons. The van der Waals surface area contributed by atoms with Gasteiger partial charge in [0.25, 0.3) is 0 Å². The minimum absolute atomic E-state index is 0.166. The minimum Gasteiger partial charge on any atom is -0.483 e. The molecule has 0 bridgehead atoms. The number of piperidine rings is 1. The van der Waals surface area contributed by atoms with Crippen LogP contribution in [0.3, 0.4) is 0 Å². The maximum absolute atomic E-state index is 11.5. The van der Waals surface area contributed by atoms with E-state index in [2.05, 4.69) is 21.8 Å². The first-order valence-electron chi connectivity index (χ1n) is 9.19. The van der Waals surface area contributed by atoms with Crippen LogP contribution < -0.4 is 9.64 Å². The van der Waals surface area contributed by atoms with Crippen molar-refractivity contribution < 1.29 is 18.7 Å². The van der Waals surface area contributed by atoms with Crippen LogP contribution in [0.25, 0.3) is 10.9 Å². The molecule has 1 aliphatic heterocycles. The van der Waals surface area contributed by atoms with Crippen molar-refractivity contribution in [2.24, 2.45) is 0 Å². The molecule has 3 heterocycles. The summed E-state index contributed by atoms with van der Waals surface area (Å²) in [7, 11) is 1.32. The van der Waals surface area contributed by atoms with Crippen LogP contribution in [0.15, 0.2) is 46.9 Å². The van der Waals surface area contributed by atoms with Crippen molar-refractivity contribution in [1.29, 1.82) is 0 Å². The molecule has 0 N–H and O–H groups in total. The van der Waals surface area contributed by atoms with E-state index in [9.17, 15) is 4.79 Å². The number of rotatable bonds is 5. The molecule has 6 nitrogen and oxygen atoms in total. The number of hydrogen-bond acceptors (Lipinski definition) is 6. The van der Waals surface area contributed by atoms with Crippen molar-refractivity contribution >= 4 is 22.7 Å². The molecule has 3 aromatic rings. The SMILES string of the molecule is COC(=O)c1ccc(COc2cccc3ccc(N4CCCCC4)nc23)o1. The number of nitrogens with zero attached hydrogens (tertiary/aromatic N) is 2. The van der Waals surface area contributed by atoms with Gasteiger partial charge in [0.15, 0.2) is 0 Å². The maximum Gasteiger partial charge on any atom is 0.373 e. The Morgan fingerprint density at radius 3 is 2.78 bits per heavy atom. The number of fused-ring (bicyclic) bond motifs is 1. The lowest BCUT2D eigenvalue weighted by molar-refractivity contribution is 0.0561. The summed E-state index contributed by atoms with van der Waals surface area (Å²) in [6, 6.07) is 13.3. The normalized spacial score (nSPS) is 14.3. The van der Waals surface area contributed by atoms with E-state index in [1.807, 2.05) is 18.2 Å². The van der Waals surface area contributed by atoms with Gasteiger partial charge in [-0.15, -0.1) is 0 Å². The van der Waals surface area contributed by atoms with Gasteiger partial charge >= 0.3 is 5.97 Å². The summed E-state index contributed by atoms with van der Waals surface area (Å²) in [5, 5.41) is 1.03. The quantitative estimate of drug-likeness (QED) is 0.631. The molecule has 1 aliphatic rings. The Bertz CT molecular complexity index is 944. The molecule has 0 radical (unpaired) electrons. The number of furan rings is 1. The van der Waals surface area contributed by atoms with Crippen LogP contribution in [0.2, 0.25) is 0 Å². The zero-order valence-electron chi connectivity index (χ0n) is 15.3. The monoisotopic (exact) mass is 366 g/mol. The second-order valence-electron chi connectivity index (χ2n) is 6.59. The number of para-hydroxylation sites is 1. The first-order chi connectivity index (χ1) is 13.2. The fourth-order valence-corrected chi connectivity index (χ4v) is 3.34. The van der Waals surface area contributed by atoms with Crippen molar-refractivity contribution in [2.45, 2.75) is 25.9 Å². The van der Waals surface area contributed by atoms with Crippen molar-refractivity contribution in [3.8, 4) is 5.75 Å². The lowest BCUT2D eigenvalue weighted by atomic mass is 10.1. The highest BCUT2D eigenvalue weighted by Crippen LogP contribution is 2.28. The number of ether oxygens (including phenoxy) is 2. The number of hydrogen-bond donors (Lipinski definition) is 0. The van der Waals surface area contributed by atoms with Crippen LogP contribution in [0.4, 0.5) is 5.82 Å². The molecule has 1 fully saturated rings. The first kappa shape index (κ1) is 17.4. The van der Waals surface area contributed by atoms with E-state index in [0.29, 0.717) is 11.5 Å². The van der Waals surface area contributed by atoms with Gasteiger partial charge in [0.05, 0.1) is 7.11 Å². The van der Waals surface area contributed by atoms with E-state index in [1.54, 1.807) is 12.1 Å². The number of benzene rings is 1. The van der Waals surface area contributed by atoms with Gasteiger partial charge in [-0.25, -0.2) is 9.78 Å². The van der Waals surface area contributed by atoms with Crippen LogP contribution in [-0.2, 0) is 11.3 Å². The molecule has 2 aromatic heterocycles. The standard InChI is InChI=1S/C21H22N2O4/c1-25-21(24)18-10-9-16(27-18)14-26-17-7-5-6-15-8-11-19(22-20(15)17)23-12-3-2-4-13-23/h5-11H,2-4,12-14H2,1H3. The fraction of sp³-hybridized carbons (Fsp3) is 0.333. The average molecular weight is 366 g/mol. The van der Waals surface area contributed by atoms with Crippen molar-refractivity contribution in [3.05, 3.63) is 54.0 Å². The first-order valence-corrected chi connectivity index (χ1v) is 9.19. The second-order valence-corrected chi connectivity index (χ2v) is 6.59. The molecule has 0 spiro atoms. The average Bonchev–Trinajstić information content (AvgIpc) is 3.21. The summed E-state index contributed by atoms with van der Waals surface area (Å²) in [6.07, 6.45) is 3.70. The summed E-state index contributed by atoms with van der Waals surface area (Å²) < 4.78 is 16.1. The summed E-state index contributed by atoms with van der Waals surface area (Å²) in [6.45, 7) is 2.31. The predicted molar refractivity (Wildman–Crippen MR) is 102 cm³/mol. The number of aromatic nitrogens is 1. The highest BCUT2D eigenvalue weighted by Gasteiger charge is 2.15. The van der Waals surface area contributed by atoms with Crippen LogP contribution in [0.1, 0.15) is 35.6 Å². The van der Waals surface area contributed by atoms with Crippen molar-refractivity contribution in [3.63, 3.8) is 0 Å². The van der Waals surface area contributed by atoms with Crippen molar-refractivity contribution in [2.75, 3.05) is 25.1 Å². The summed E-state index contributed by atoms with van der Waals surface area (Å²) in [5.41, 5.74) is 0.834. The number of esters is 1. The summed E-state index contributed by atoms with van der Waals surface area (Å²) in [5.74, 6) is 1.91. The van der Waals surface area contributed by atoms with Crippen LogP contribution in [-0.4, -0.2) is 31.2 Å². The smallest absolute Gasteiger partial charge is 0.373 e.